The van der Waals surface area contributed by atoms with E-state index in [-0.39, 0.29) is 18.1 Å². The van der Waals surface area contributed by atoms with Gasteiger partial charge in [-0.1, -0.05) is 0 Å². The second-order valence-electron chi connectivity index (χ2n) is 4.54. The zero-order chi connectivity index (χ0) is 11.9. The fraction of sp³-hybridized carbons (Fsp3) is 0.333. The molecule has 1 aliphatic carbocycles. The summed E-state index contributed by atoms with van der Waals surface area (Å²) in [6.07, 6.45) is 6.83. The van der Waals surface area contributed by atoms with Gasteiger partial charge in [0, 0.05) is 6.20 Å². The molecule has 0 spiro atoms. The van der Waals surface area contributed by atoms with E-state index in [0.717, 1.165) is 18.4 Å². The van der Waals surface area contributed by atoms with Crippen molar-refractivity contribution in [3.63, 3.8) is 0 Å². The number of hydrogen-bond donors (Lipinski definition) is 2. The second-order valence-corrected chi connectivity index (χ2v) is 4.54. The number of aliphatic hydroxyl groups excluding tert-OH is 1. The number of rotatable bonds is 3. The number of nitrogens with zero attached hydrogens (tertiary/aromatic N) is 2. The molecule has 0 atom stereocenters. The lowest BCUT2D eigenvalue weighted by atomic mass is 10.2. The lowest BCUT2D eigenvalue weighted by Gasteiger charge is -2.14. The molecule has 0 saturated heterocycles. The Morgan fingerprint density at radius 2 is 2.35 bits per heavy atom. The Morgan fingerprint density at radius 3 is 3.06 bits per heavy atom. The fourth-order valence-corrected chi connectivity index (χ4v) is 1.84. The Bertz CT molecular complexity index is 572. The third-order valence-corrected chi connectivity index (χ3v) is 3.20. The summed E-state index contributed by atoms with van der Waals surface area (Å²) in [6.45, 7) is 0.00601. The van der Waals surface area contributed by atoms with Crippen molar-refractivity contribution in [1.29, 1.82) is 0 Å². The molecule has 0 aromatic carbocycles. The van der Waals surface area contributed by atoms with Crippen LogP contribution in [0.3, 0.4) is 0 Å². The molecular formula is C12H13N3O2. The first kappa shape index (κ1) is 10.3. The standard InChI is InChI=1S/C12H13N3O2/c16-7-12(3-4-12)14-11(17)9-1-2-10-5-13-8-15(10)6-9/h1-2,5-6,8,16H,3-4,7H2,(H,14,17). The average Bonchev–Trinajstić information content (AvgIpc) is 2.96. The van der Waals surface area contributed by atoms with Crippen molar-refractivity contribution in [2.45, 2.75) is 18.4 Å². The highest BCUT2D eigenvalue weighted by Crippen LogP contribution is 2.34. The van der Waals surface area contributed by atoms with E-state index in [9.17, 15) is 4.79 Å². The van der Waals surface area contributed by atoms with Crippen LogP contribution in [0.15, 0.2) is 30.9 Å². The van der Waals surface area contributed by atoms with Gasteiger partial charge in [-0.25, -0.2) is 4.98 Å². The lowest BCUT2D eigenvalue weighted by molar-refractivity contribution is 0.0906. The van der Waals surface area contributed by atoms with E-state index < -0.39 is 0 Å². The van der Waals surface area contributed by atoms with Crippen LogP contribution >= 0.6 is 0 Å². The zero-order valence-electron chi connectivity index (χ0n) is 9.26. The maximum absolute atomic E-state index is 12.0. The maximum Gasteiger partial charge on any atom is 0.253 e. The summed E-state index contributed by atoms with van der Waals surface area (Å²) < 4.78 is 1.80. The quantitative estimate of drug-likeness (QED) is 0.812. The number of hydrogen-bond acceptors (Lipinski definition) is 3. The minimum Gasteiger partial charge on any atom is -0.394 e. The van der Waals surface area contributed by atoms with Gasteiger partial charge in [0.05, 0.1) is 35.8 Å². The summed E-state index contributed by atoms with van der Waals surface area (Å²) in [6, 6.07) is 3.61. The molecule has 0 radical (unpaired) electrons. The summed E-state index contributed by atoms with van der Waals surface area (Å²) in [5, 5.41) is 12.0. The Hall–Kier alpha value is -1.88. The van der Waals surface area contributed by atoms with Gasteiger partial charge in [-0.15, -0.1) is 0 Å². The molecule has 0 bridgehead atoms. The van der Waals surface area contributed by atoms with Gasteiger partial charge in [-0.3, -0.25) is 4.79 Å². The molecule has 3 rings (SSSR count). The fourth-order valence-electron chi connectivity index (χ4n) is 1.84. The van der Waals surface area contributed by atoms with Crippen LogP contribution in [0.25, 0.3) is 5.52 Å². The van der Waals surface area contributed by atoms with Gasteiger partial charge in [0.15, 0.2) is 0 Å². The molecule has 1 aliphatic rings. The summed E-state index contributed by atoms with van der Waals surface area (Å²) in [5.41, 5.74) is 1.15. The van der Waals surface area contributed by atoms with E-state index >= 15 is 0 Å². The van der Waals surface area contributed by atoms with Crippen molar-refractivity contribution in [1.82, 2.24) is 14.7 Å². The van der Waals surface area contributed by atoms with E-state index in [1.54, 1.807) is 29.2 Å². The SMILES string of the molecule is O=C(NC1(CO)CC1)c1ccc2cncn2c1. The van der Waals surface area contributed by atoms with Crippen molar-refractivity contribution in [3.05, 3.63) is 36.4 Å². The van der Waals surface area contributed by atoms with Gasteiger partial charge in [0.1, 0.15) is 0 Å². The highest BCUT2D eigenvalue weighted by Gasteiger charge is 2.43. The molecular weight excluding hydrogens is 218 g/mol. The van der Waals surface area contributed by atoms with Gasteiger partial charge >= 0.3 is 0 Å². The van der Waals surface area contributed by atoms with Crippen LogP contribution in [0.5, 0.6) is 0 Å². The van der Waals surface area contributed by atoms with Crippen LogP contribution in [0.1, 0.15) is 23.2 Å². The lowest BCUT2D eigenvalue weighted by Crippen LogP contribution is -2.39. The van der Waals surface area contributed by atoms with Gasteiger partial charge in [-0.2, -0.15) is 0 Å². The van der Waals surface area contributed by atoms with Gasteiger partial charge in [0.2, 0.25) is 0 Å². The van der Waals surface area contributed by atoms with E-state index in [2.05, 4.69) is 10.3 Å². The number of pyridine rings is 1. The van der Waals surface area contributed by atoms with Crippen molar-refractivity contribution in [3.8, 4) is 0 Å². The van der Waals surface area contributed by atoms with Crippen LogP contribution in [0.2, 0.25) is 0 Å². The van der Waals surface area contributed by atoms with Gasteiger partial charge in [0.25, 0.3) is 5.91 Å². The molecule has 1 saturated carbocycles. The number of amides is 1. The molecule has 2 N–H and O–H groups in total. The first-order valence-electron chi connectivity index (χ1n) is 5.58. The molecule has 2 heterocycles. The topological polar surface area (TPSA) is 66.6 Å². The van der Waals surface area contributed by atoms with E-state index in [1.807, 2.05) is 6.07 Å². The molecule has 5 nitrogen and oxygen atoms in total. The van der Waals surface area contributed by atoms with Crippen molar-refractivity contribution >= 4 is 11.4 Å². The van der Waals surface area contributed by atoms with E-state index in [0.29, 0.717) is 5.56 Å². The van der Waals surface area contributed by atoms with Crippen LogP contribution in [0, 0.1) is 0 Å². The van der Waals surface area contributed by atoms with Crippen molar-refractivity contribution in [2.24, 2.45) is 0 Å². The highest BCUT2D eigenvalue weighted by molar-refractivity contribution is 5.95. The number of fused-ring (bicyclic) bond motifs is 1. The Balaban J connectivity index is 1.85. The third-order valence-electron chi connectivity index (χ3n) is 3.20. The largest absolute Gasteiger partial charge is 0.394 e. The Morgan fingerprint density at radius 1 is 1.53 bits per heavy atom. The number of carbonyl (C=O) groups excluding carboxylic acids is 1. The third kappa shape index (κ3) is 1.78. The molecule has 1 fully saturated rings. The number of carbonyl (C=O) groups is 1. The van der Waals surface area contributed by atoms with Crippen LogP contribution < -0.4 is 5.32 Å². The van der Waals surface area contributed by atoms with E-state index in [4.69, 9.17) is 5.11 Å². The molecule has 0 unspecified atom stereocenters. The minimum atomic E-state index is -0.374. The Kier molecular flexibility index (Phi) is 2.16. The average molecular weight is 231 g/mol. The summed E-state index contributed by atoms with van der Waals surface area (Å²) in [4.78, 5) is 16.0. The molecule has 2 aromatic heterocycles. The van der Waals surface area contributed by atoms with Crippen molar-refractivity contribution in [2.75, 3.05) is 6.61 Å². The van der Waals surface area contributed by atoms with Gasteiger partial charge in [-0.05, 0) is 25.0 Å². The maximum atomic E-state index is 12.0. The highest BCUT2D eigenvalue weighted by atomic mass is 16.3. The monoisotopic (exact) mass is 231 g/mol. The number of aromatic nitrogens is 2. The number of imidazole rings is 1. The minimum absolute atomic E-state index is 0.00601. The molecule has 88 valence electrons. The van der Waals surface area contributed by atoms with Crippen LogP contribution in [0.4, 0.5) is 0 Å². The summed E-state index contributed by atoms with van der Waals surface area (Å²) >= 11 is 0. The summed E-state index contributed by atoms with van der Waals surface area (Å²) in [7, 11) is 0. The number of aliphatic hydroxyl groups is 1. The first-order chi connectivity index (χ1) is 8.22. The van der Waals surface area contributed by atoms with E-state index in [1.165, 1.54) is 0 Å². The van der Waals surface area contributed by atoms with Crippen LogP contribution in [-0.4, -0.2) is 32.5 Å². The normalized spacial score (nSPS) is 17.0. The molecule has 5 heteroatoms. The van der Waals surface area contributed by atoms with Crippen molar-refractivity contribution < 1.29 is 9.90 Å². The van der Waals surface area contributed by atoms with Crippen LogP contribution in [-0.2, 0) is 0 Å². The predicted octanol–water partition coefficient (Wildman–Crippen LogP) is 0.589. The molecule has 1 amide bonds. The molecule has 17 heavy (non-hydrogen) atoms. The first-order valence-corrected chi connectivity index (χ1v) is 5.58. The Labute approximate surface area is 98.1 Å². The van der Waals surface area contributed by atoms with Gasteiger partial charge < -0.3 is 14.8 Å². The smallest absolute Gasteiger partial charge is 0.253 e. The summed E-state index contributed by atoms with van der Waals surface area (Å²) in [5.74, 6) is -0.146. The zero-order valence-corrected chi connectivity index (χ0v) is 9.26. The predicted molar refractivity (Wildman–Crippen MR) is 61.7 cm³/mol. The molecule has 0 aliphatic heterocycles. The number of nitrogens with one attached hydrogen (secondary N) is 1. The molecule has 2 aromatic rings. The second kappa shape index (κ2) is 3.56.